The second-order valence-electron chi connectivity index (χ2n) is 5.47. The number of para-hydroxylation sites is 1. The van der Waals surface area contributed by atoms with E-state index in [9.17, 15) is 0 Å². The predicted octanol–water partition coefficient (Wildman–Crippen LogP) is 4.98. The van der Waals surface area contributed by atoms with E-state index in [0.717, 1.165) is 32.4 Å². The molecular weight excluding hydrogens is 352 g/mol. The lowest BCUT2D eigenvalue weighted by atomic mass is 10.0. The van der Waals surface area contributed by atoms with Crippen molar-refractivity contribution in [1.29, 1.82) is 0 Å². The number of benzene rings is 2. The molecule has 4 rings (SSSR count). The maximum Gasteiger partial charge on any atom is 0.206 e. The Kier molecular flexibility index (Phi) is 4.59. The first kappa shape index (κ1) is 16.0. The first-order valence-corrected chi connectivity index (χ1v) is 9.03. The molecule has 1 aliphatic heterocycles. The van der Waals surface area contributed by atoms with Crippen LogP contribution in [0.15, 0.2) is 76.7 Å². The van der Waals surface area contributed by atoms with Gasteiger partial charge in [0.15, 0.2) is 0 Å². The number of aromatic nitrogens is 1. The third-order valence-corrected chi connectivity index (χ3v) is 5.00. The van der Waals surface area contributed by atoms with E-state index in [1.54, 1.807) is 6.20 Å². The Morgan fingerprint density at radius 2 is 1.80 bits per heavy atom. The van der Waals surface area contributed by atoms with Gasteiger partial charge in [0.2, 0.25) is 5.96 Å². The SMILES string of the molecule is Clc1ccccc1-c1cccc2c1NC(=NCc1ccccn1)NS2. The molecule has 0 radical (unpaired) electrons. The Hall–Kier alpha value is -2.50. The van der Waals surface area contributed by atoms with E-state index in [2.05, 4.69) is 32.1 Å². The van der Waals surface area contributed by atoms with E-state index in [1.807, 2.05) is 48.5 Å². The fourth-order valence-corrected chi connectivity index (χ4v) is 3.59. The standard InChI is InChI=1S/C19H15ClN4S/c20-16-9-2-1-7-14(16)15-8-5-10-17-18(15)23-19(24-25-17)22-12-13-6-3-4-11-21-13/h1-11H,12H2,(H2,22,23,24). The van der Waals surface area contributed by atoms with Gasteiger partial charge in [-0.3, -0.25) is 9.71 Å². The molecule has 1 aromatic heterocycles. The molecule has 6 heteroatoms. The molecule has 2 N–H and O–H groups in total. The highest BCUT2D eigenvalue weighted by Gasteiger charge is 2.18. The van der Waals surface area contributed by atoms with Gasteiger partial charge >= 0.3 is 0 Å². The molecule has 0 saturated heterocycles. The Morgan fingerprint density at radius 1 is 0.960 bits per heavy atom. The van der Waals surface area contributed by atoms with Crippen molar-refractivity contribution in [2.45, 2.75) is 11.4 Å². The number of anilines is 1. The number of halogens is 1. The number of hydrogen-bond acceptors (Lipinski definition) is 3. The molecule has 0 unspecified atom stereocenters. The number of fused-ring (bicyclic) bond motifs is 1. The van der Waals surface area contributed by atoms with Crippen LogP contribution < -0.4 is 10.0 Å². The Labute approximate surface area is 155 Å². The highest BCUT2D eigenvalue weighted by Crippen LogP contribution is 2.40. The normalized spacial score (nSPS) is 14.5. The lowest BCUT2D eigenvalue weighted by molar-refractivity contribution is 0.980. The summed E-state index contributed by atoms with van der Waals surface area (Å²) >= 11 is 7.93. The number of guanidine groups is 1. The minimum Gasteiger partial charge on any atom is -0.324 e. The van der Waals surface area contributed by atoms with Gasteiger partial charge in [-0.2, -0.15) is 0 Å². The molecule has 1 aliphatic rings. The smallest absolute Gasteiger partial charge is 0.206 e. The van der Waals surface area contributed by atoms with Crippen molar-refractivity contribution in [3.8, 4) is 11.1 Å². The van der Waals surface area contributed by atoms with Crippen LogP contribution >= 0.6 is 23.5 Å². The van der Waals surface area contributed by atoms with E-state index in [0.29, 0.717) is 12.5 Å². The fourth-order valence-electron chi connectivity index (χ4n) is 2.62. The molecule has 4 nitrogen and oxygen atoms in total. The van der Waals surface area contributed by atoms with Crippen LogP contribution in [0.1, 0.15) is 5.69 Å². The molecule has 0 bridgehead atoms. The van der Waals surface area contributed by atoms with E-state index in [4.69, 9.17) is 11.6 Å². The third-order valence-electron chi connectivity index (χ3n) is 3.82. The fraction of sp³-hybridized carbons (Fsp3) is 0.0526. The number of pyridine rings is 1. The molecule has 25 heavy (non-hydrogen) atoms. The first-order valence-electron chi connectivity index (χ1n) is 7.83. The monoisotopic (exact) mass is 366 g/mol. The lowest BCUT2D eigenvalue weighted by Crippen LogP contribution is -2.29. The van der Waals surface area contributed by atoms with Gasteiger partial charge in [-0.1, -0.05) is 48.0 Å². The molecule has 2 heterocycles. The highest BCUT2D eigenvalue weighted by atomic mass is 35.5. The zero-order valence-electron chi connectivity index (χ0n) is 13.2. The van der Waals surface area contributed by atoms with Gasteiger partial charge in [-0.25, -0.2) is 4.99 Å². The Balaban J connectivity index is 1.65. The van der Waals surface area contributed by atoms with Gasteiger partial charge in [0, 0.05) is 22.3 Å². The molecule has 124 valence electrons. The largest absolute Gasteiger partial charge is 0.324 e. The quantitative estimate of drug-likeness (QED) is 0.642. The summed E-state index contributed by atoms with van der Waals surface area (Å²) in [5, 5.41) is 4.12. The zero-order valence-corrected chi connectivity index (χ0v) is 14.8. The van der Waals surface area contributed by atoms with E-state index in [-0.39, 0.29) is 0 Å². The van der Waals surface area contributed by atoms with Crippen LogP contribution in [-0.2, 0) is 6.54 Å². The number of hydrogen-bond donors (Lipinski definition) is 2. The average Bonchev–Trinajstić information content (AvgIpc) is 2.67. The van der Waals surface area contributed by atoms with Gasteiger partial charge in [0.25, 0.3) is 0 Å². The maximum atomic E-state index is 6.39. The van der Waals surface area contributed by atoms with Gasteiger partial charge in [-0.15, -0.1) is 0 Å². The van der Waals surface area contributed by atoms with E-state index in [1.165, 1.54) is 11.9 Å². The van der Waals surface area contributed by atoms with Crippen LogP contribution in [-0.4, -0.2) is 10.9 Å². The van der Waals surface area contributed by atoms with Gasteiger partial charge in [0.1, 0.15) is 0 Å². The number of rotatable bonds is 3. The van der Waals surface area contributed by atoms with Crippen molar-refractivity contribution < 1.29 is 0 Å². The summed E-state index contributed by atoms with van der Waals surface area (Å²) in [5.74, 6) is 0.711. The summed E-state index contributed by atoms with van der Waals surface area (Å²) in [6.07, 6.45) is 1.77. The molecule has 0 aliphatic carbocycles. The van der Waals surface area contributed by atoms with Crippen molar-refractivity contribution in [2.24, 2.45) is 4.99 Å². The molecule has 2 aromatic carbocycles. The number of aliphatic imine (C=N–C) groups is 1. The van der Waals surface area contributed by atoms with Crippen molar-refractivity contribution in [2.75, 3.05) is 5.32 Å². The first-order chi connectivity index (χ1) is 12.3. The van der Waals surface area contributed by atoms with Crippen molar-refractivity contribution in [3.05, 3.63) is 77.6 Å². The third kappa shape index (κ3) is 3.48. The van der Waals surface area contributed by atoms with Crippen LogP contribution in [0.2, 0.25) is 5.02 Å². The zero-order chi connectivity index (χ0) is 17.1. The summed E-state index contributed by atoms with van der Waals surface area (Å²) in [5.41, 5.74) is 4.00. The molecular formula is C19H15ClN4S. The van der Waals surface area contributed by atoms with Crippen LogP contribution in [0.25, 0.3) is 11.1 Å². The van der Waals surface area contributed by atoms with Crippen LogP contribution in [0.3, 0.4) is 0 Å². The van der Waals surface area contributed by atoms with E-state index < -0.39 is 0 Å². The van der Waals surface area contributed by atoms with Crippen molar-refractivity contribution in [1.82, 2.24) is 9.71 Å². The minimum absolute atomic E-state index is 0.514. The molecule has 0 spiro atoms. The summed E-state index contributed by atoms with van der Waals surface area (Å²) in [7, 11) is 0. The summed E-state index contributed by atoms with van der Waals surface area (Å²) in [4.78, 5) is 9.99. The van der Waals surface area contributed by atoms with E-state index >= 15 is 0 Å². The summed E-state index contributed by atoms with van der Waals surface area (Å²) in [6.45, 7) is 0.514. The minimum atomic E-state index is 0.514. The molecule has 0 saturated carbocycles. The van der Waals surface area contributed by atoms with Crippen LogP contribution in [0.5, 0.6) is 0 Å². The Bertz CT molecular complexity index is 928. The second kappa shape index (κ2) is 7.17. The lowest BCUT2D eigenvalue weighted by Gasteiger charge is -2.23. The molecule has 0 amide bonds. The summed E-state index contributed by atoms with van der Waals surface area (Å²) in [6, 6.07) is 19.8. The average molecular weight is 367 g/mol. The van der Waals surface area contributed by atoms with Crippen LogP contribution in [0.4, 0.5) is 5.69 Å². The summed E-state index contributed by atoms with van der Waals surface area (Å²) < 4.78 is 3.23. The molecule has 0 fully saturated rings. The molecule has 0 atom stereocenters. The number of nitrogens with zero attached hydrogens (tertiary/aromatic N) is 2. The molecule has 3 aromatic rings. The Morgan fingerprint density at radius 3 is 2.64 bits per heavy atom. The maximum absolute atomic E-state index is 6.39. The second-order valence-corrected chi connectivity index (χ2v) is 6.73. The van der Waals surface area contributed by atoms with Crippen molar-refractivity contribution >= 4 is 35.2 Å². The van der Waals surface area contributed by atoms with Gasteiger partial charge in [-0.05, 0) is 36.2 Å². The topological polar surface area (TPSA) is 49.3 Å². The van der Waals surface area contributed by atoms with Gasteiger partial charge < -0.3 is 5.32 Å². The van der Waals surface area contributed by atoms with Crippen molar-refractivity contribution in [3.63, 3.8) is 0 Å². The predicted molar refractivity (Wildman–Crippen MR) is 105 cm³/mol. The highest BCUT2D eigenvalue weighted by molar-refractivity contribution is 7.98. The van der Waals surface area contributed by atoms with Gasteiger partial charge in [0.05, 0.1) is 22.8 Å². The number of nitrogens with one attached hydrogen (secondary N) is 2. The van der Waals surface area contributed by atoms with Crippen LogP contribution in [0, 0.1) is 0 Å².